The quantitative estimate of drug-likeness (QED) is 0.120. The molecule has 6 aliphatic rings. The Kier molecular flexibility index (Phi) is 11.5. The SMILES string of the molecule is O=C1CC[C@H](Nc2ccc(N3CCC(O)(CC(=O)N4CC5(CCN(c6ccc(-c7cc(F)c8c(c7)C(=O)N(C(C(=O)Nc7nccs7)c7ncn9c7CCC9)C8)cc6)CC5)C4)CC3)c(F)c2)C(=O)N1. The number of fused-ring (bicyclic) bond motifs is 2. The van der Waals surface area contributed by atoms with Crippen LogP contribution >= 0.6 is 11.3 Å². The predicted molar refractivity (Wildman–Crippen MR) is 253 cm³/mol. The second-order valence-electron chi connectivity index (χ2n) is 19.5. The number of aryl methyl sites for hydroxylation is 1. The van der Waals surface area contributed by atoms with Crippen molar-refractivity contribution in [2.24, 2.45) is 5.41 Å². The number of imide groups is 1. The maximum atomic E-state index is 16.0. The Balaban J connectivity index is 0.670. The minimum Gasteiger partial charge on any atom is -0.389 e. The molecule has 0 radical (unpaired) electrons. The standard InChI is InChI=1S/C50H52F2N10O6S/c51-36-23-31(22-34-35(36)26-62(47(34)67)44(46(66)57-48-53-15-21-69-48)43-40-2-1-16-60(40)29-54-43)30-3-6-33(7-4-30)58-17-11-49(12-18-58)27-61(28-49)42(64)25-50(68)13-19-59(20-14-50)39-9-5-32(24-37(39)52)55-38-8-10-41(63)56-45(38)65/h3-7,9,15,21-24,29,38,44,55,68H,1-2,8,10-14,16-20,25-28H2,(H,53,57,66)(H,56,63,65)/t38-,44?/m0/s1. The summed E-state index contributed by atoms with van der Waals surface area (Å²) in [4.78, 5) is 81.4. The van der Waals surface area contributed by atoms with E-state index in [-0.39, 0.29) is 47.7 Å². The lowest BCUT2D eigenvalue weighted by molar-refractivity contribution is -0.151. The van der Waals surface area contributed by atoms with Crippen LogP contribution in [-0.4, -0.2) is 110 Å². The van der Waals surface area contributed by atoms with Crippen LogP contribution in [0, 0.1) is 17.0 Å². The molecule has 6 aliphatic heterocycles. The van der Waals surface area contributed by atoms with Gasteiger partial charge in [-0.15, -0.1) is 11.3 Å². The van der Waals surface area contributed by atoms with Crippen LogP contribution in [0.15, 0.2) is 72.5 Å². The molecule has 8 heterocycles. The van der Waals surface area contributed by atoms with Gasteiger partial charge in [0.2, 0.25) is 17.7 Å². The molecule has 19 heteroatoms. The van der Waals surface area contributed by atoms with Crippen molar-refractivity contribution in [1.82, 2.24) is 29.7 Å². The fourth-order valence-corrected chi connectivity index (χ4v) is 11.7. The summed E-state index contributed by atoms with van der Waals surface area (Å²) in [6, 6.07) is 14.1. The maximum Gasteiger partial charge on any atom is 0.255 e. The van der Waals surface area contributed by atoms with Crippen molar-refractivity contribution in [3.63, 3.8) is 0 Å². The zero-order valence-electron chi connectivity index (χ0n) is 37.9. The number of likely N-dealkylation sites (tertiary alicyclic amines) is 1. The van der Waals surface area contributed by atoms with E-state index in [4.69, 9.17) is 0 Å². The average Bonchev–Trinajstić information content (AvgIpc) is 4.15. The van der Waals surface area contributed by atoms with Gasteiger partial charge in [-0.05, 0) is 98.5 Å². The molecule has 0 saturated carbocycles. The Morgan fingerprint density at radius 3 is 2.38 bits per heavy atom. The number of anilines is 4. The third-order valence-electron chi connectivity index (χ3n) is 15.1. The summed E-state index contributed by atoms with van der Waals surface area (Å²) < 4.78 is 33.3. The first-order chi connectivity index (χ1) is 33.3. The van der Waals surface area contributed by atoms with Crippen molar-refractivity contribution in [2.75, 3.05) is 59.7 Å². The zero-order valence-corrected chi connectivity index (χ0v) is 38.7. The van der Waals surface area contributed by atoms with E-state index >= 15 is 8.78 Å². The largest absolute Gasteiger partial charge is 0.389 e. The third-order valence-corrected chi connectivity index (χ3v) is 15.8. The number of hydrogen-bond acceptors (Lipinski definition) is 12. The molecule has 2 atom stereocenters. The number of nitrogens with zero attached hydrogens (tertiary/aromatic N) is 7. The first kappa shape index (κ1) is 44.8. The second kappa shape index (κ2) is 17.7. The van der Waals surface area contributed by atoms with Crippen molar-refractivity contribution in [3.05, 3.63) is 107 Å². The first-order valence-electron chi connectivity index (χ1n) is 23.7. The monoisotopic (exact) mass is 958 g/mol. The molecule has 11 rings (SSSR count). The van der Waals surface area contributed by atoms with Gasteiger partial charge in [-0.1, -0.05) is 12.1 Å². The summed E-state index contributed by atoms with van der Waals surface area (Å²) in [5.74, 6) is -2.67. The number of nitrogens with one attached hydrogen (secondary N) is 3. The molecular formula is C50H52F2N10O6S. The molecule has 0 bridgehead atoms. The molecule has 5 amide bonds. The summed E-state index contributed by atoms with van der Waals surface area (Å²) >= 11 is 1.27. The molecule has 358 valence electrons. The van der Waals surface area contributed by atoms with Crippen LogP contribution in [0.25, 0.3) is 11.1 Å². The van der Waals surface area contributed by atoms with E-state index in [1.165, 1.54) is 28.4 Å². The van der Waals surface area contributed by atoms with Crippen LogP contribution in [-0.2, 0) is 38.7 Å². The molecule has 69 heavy (non-hydrogen) atoms. The summed E-state index contributed by atoms with van der Waals surface area (Å²) in [7, 11) is 0. The van der Waals surface area contributed by atoms with Gasteiger partial charge in [0, 0.05) is 97.4 Å². The highest BCUT2D eigenvalue weighted by atomic mass is 32.1. The predicted octanol–water partition coefficient (Wildman–Crippen LogP) is 5.63. The molecule has 4 saturated heterocycles. The van der Waals surface area contributed by atoms with Crippen molar-refractivity contribution in [1.29, 1.82) is 0 Å². The maximum absolute atomic E-state index is 16.0. The van der Waals surface area contributed by atoms with Crippen molar-refractivity contribution in [3.8, 4) is 11.1 Å². The van der Waals surface area contributed by atoms with Gasteiger partial charge in [-0.3, -0.25) is 34.6 Å². The molecule has 3 aromatic carbocycles. The number of imidazole rings is 1. The number of carbonyl (C=O) groups excluding carboxylic acids is 5. The van der Waals surface area contributed by atoms with E-state index in [0.29, 0.717) is 73.2 Å². The highest BCUT2D eigenvalue weighted by Crippen LogP contribution is 2.44. The Bertz CT molecular complexity index is 2850. The number of amides is 5. The first-order valence-corrected chi connectivity index (χ1v) is 24.6. The van der Waals surface area contributed by atoms with E-state index in [9.17, 15) is 29.1 Å². The van der Waals surface area contributed by atoms with Crippen LogP contribution < -0.4 is 25.8 Å². The lowest BCUT2D eigenvalue weighted by Crippen LogP contribution is -2.62. The van der Waals surface area contributed by atoms with E-state index in [2.05, 4.69) is 30.8 Å². The summed E-state index contributed by atoms with van der Waals surface area (Å²) in [5, 5.41) is 21.8. The number of aliphatic hydroxyl groups is 1. The molecule has 4 fully saturated rings. The minimum absolute atomic E-state index is 0.0197. The van der Waals surface area contributed by atoms with Gasteiger partial charge in [0.25, 0.3) is 11.8 Å². The number of halogens is 2. The normalized spacial score (nSPS) is 20.9. The van der Waals surface area contributed by atoms with Gasteiger partial charge < -0.3 is 34.6 Å². The number of rotatable bonds is 11. The molecule has 2 aromatic heterocycles. The van der Waals surface area contributed by atoms with E-state index in [1.807, 2.05) is 38.6 Å². The zero-order chi connectivity index (χ0) is 47.6. The average molecular weight is 959 g/mol. The fourth-order valence-electron chi connectivity index (χ4n) is 11.1. The lowest BCUT2D eigenvalue weighted by Gasteiger charge is -2.55. The topological polar surface area (TPSA) is 185 Å². The Morgan fingerprint density at radius 1 is 0.884 bits per heavy atom. The molecule has 1 spiro atoms. The molecule has 4 N–H and O–H groups in total. The number of thiazole rings is 1. The van der Waals surface area contributed by atoms with Crippen molar-refractivity contribution >= 4 is 63.1 Å². The smallest absolute Gasteiger partial charge is 0.255 e. The van der Waals surface area contributed by atoms with Gasteiger partial charge in [-0.25, -0.2) is 18.7 Å². The molecule has 1 unspecified atom stereocenters. The van der Waals surface area contributed by atoms with Gasteiger partial charge in [0.15, 0.2) is 11.2 Å². The molecule has 5 aromatic rings. The Morgan fingerprint density at radius 2 is 1.65 bits per heavy atom. The number of carbonyl (C=O) groups is 5. The van der Waals surface area contributed by atoms with Gasteiger partial charge in [0.05, 0.1) is 36.3 Å². The Hall–Kier alpha value is -6.73. The minimum atomic E-state index is -1.18. The van der Waals surface area contributed by atoms with Crippen LogP contribution in [0.1, 0.15) is 84.7 Å². The van der Waals surface area contributed by atoms with E-state index in [0.717, 1.165) is 62.3 Å². The summed E-state index contributed by atoms with van der Waals surface area (Å²) in [6.45, 7) is 4.39. The van der Waals surface area contributed by atoms with E-state index in [1.54, 1.807) is 36.1 Å². The van der Waals surface area contributed by atoms with Crippen LogP contribution in [0.3, 0.4) is 0 Å². The highest BCUT2D eigenvalue weighted by molar-refractivity contribution is 7.13. The van der Waals surface area contributed by atoms with Gasteiger partial charge >= 0.3 is 0 Å². The highest BCUT2D eigenvalue weighted by Gasteiger charge is 2.48. The van der Waals surface area contributed by atoms with Crippen molar-refractivity contribution in [2.45, 2.75) is 88.6 Å². The molecular weight excluding hydrogens is 907 g/mol. The third kappa shape index (κ3) is 8.59. The van der Waals surface area contributed by atoms with Crippen LogP contribution in [0.4, 0.5) is 31.0 Å². The Labute approximate surface area is 400 Å². The van der Waals surface area contributed by atoms with Crippen LogP contribution in [0.5, 0.6) is 0 Å². The molecule has 0 aliphatic carbocycles. The number of aromatic nitrogens is 3. The summed E-state index contributed by atoms with van der Waals surface area (Å²) in [5.41, 5.74) is 3.90. The molecule has 16 nitrogen and oxygen atoms in total. The van der Waals surface area contributed by atoms with E-state index < -0.39 is 47.0 Å². The van der Waals surface area contributed by atoms with Crippen molar-refractivity contribution < 1.29 is 37.9 Å². The number of hydrogen-bond donors (Lipinski definition) is 4. The fraction of sp³-hybridized carbons (Fsp3) is 0.420. The van der Waals surface area contributed by atoms with Gasteiger partial charge in [-0.2, -0.15) is 0 Å². The number of piperidine rings is 3. The lowest BCUT2D eigenvalue weighted by atomic mass is 9.71. The van der Waals surface area contributed by atoms with Gasteiger partial charge in [0.1, 0.15) is 17.7 Å². The van der Waals surface area contributed by atoms with Crippen LogP contribution in [0.2, 0.25) is 0 Å². The second-order valence-corrected chi connectivity index (χ2v) is 20.4. The summed E-state index contributed by atoms with van der Waals surface area (Å²) in [6.07, 6.45) is 7.96. The number of benzene rings is 3.